The Hall–Kier alpha value is -1.28. The number of hydrogen-bond donors (Lipinski definition) is 2. The van der Waals surface area contributed by atoms with Gasteiger partial charge in [0.1, 0.15) is 5.01 Å². The van der Waals surface area contributed by atoms with Crippen LogP contribution >= 0.6 is 11.3 Å². The van der Waals surface area contributed by atoms with Crippen molar-refractivity contribution in [1.82, 2.24) is 20.5 Å². The predicted octanol–water partition coefficient (Wildman–Crippen LogP) is 2.15. The van der Waals surface area contributed by atoms with Crippen LogP contribution in [0.3, 0.4) is 0 Å². The predicted molar refractivity (Wildman–Crippen MR) is 90.4 cm³/mol. The van der Waals surface area contributed by atoms with Gasteiger partial charge in [-0.05, 0) is 26.7 Å². The van der Waals surface area contributed by atoms with Crippen molar-refractivity contribution in [2.75, 3.05) is 26.7 Å². The minimum atomic E-state index is -2.25. The third-order valence-electron chi connectivity index (χ3n) is 4.03. The number of alkyl halides is 2. The van der Waals surface area contributed by atoms with Gasteiger partial charge in [-0.15, -0.1) is 11.3 Å². The summed E-state index contributed by atoms with van der Waals surface area (Å²) in [6.45, 7) is 5.99. The Bertz CT molecular complexity index is 504. The molecule has 0 saturated carbocycles. The van der Waals surface area contributed by atoms with E-state index in [0.29, 0.717) is 19.6 Å². The molecule has 0 aromatic carbocycles. The molecule has 0 unspecified atom stereocenters. The fourth-order valence-corrected chi connectivity index (χ4v) is 3.49. The Morgan fingerprint density at radius 3 is 2.61 bits per heavy atom. The van der Waals surface area contributed by atoms with Gasteiger partial charge in [-0.25, -0.2) is 13.8 Å². The maximum absolute atomic E-state index is 12.4. The standard InChI is InChI=1S/C15H25F2N5S/c1-10-11(2)23-14(20-10)8-19-15(18-3)21-12-4-6-22(7-5-12)9-13(16)17/h12-13H,4-9H2,1-3H3,(H2,18,19,21). The molecule has 0 atom stereocenters. The van der Waals surface area contributed by atoms with Crippen LogP contribution in [-0.4, -0.2) is 55.0 Å². The largest absolute Gasteiger partial charge is 0.354 e. The van der Waals surface area contributed by atoms with E-state index >= 15 is 0 Å². The monoisotopic (exact) mass is 345 g/mol. The summed E-state index contributed by atoms with van der Waals surface area (Å²) < 4.78 is 24.8. The number of guanidine groups is 1. The summed E-state index contributed by atoms with van der Waals surface area (Å²) >= 11 is 1.68. The van der Waals surface area contributed by atoms with Crippen molar-refractivity contribution in [2.45, 2.75) is 45.7 Å². The van der Waals surface area contributed by atoms with Crippen molar-refractivity contribution in [3.8, 4) is 0 Å². The van der Waals surface area contributed by atoms with E-state index in [-0.39, 0.29) is 12.6 Å². The van der Waals surface area contributed by atoms with E-state index in [1.807, 2.05) is 11.8 Å². The highest BCUT2D eigenvalue weighted by Crippen LogP contribution is 2.16. The molecule has 2 heterocycles. The average molecular weight is 345 g/mol. The molecule has 0 spiro atoms. The molecule has 23 heavy (non-hydrogen) atoms. The SMILES string of the molecule is CN=C(NCc1nc(C)c(C)s1)NC1CCN(CC(F)F)CC1. The smallest absolute Gasteiger partial charge is 0.251 e. The maximum atomic E-state index is 12.4. The van der Waals surface area contributed by atoms with Crippen LogP contribution in [0.1, 0.15) is 28.4 Å². The second-order valence-corrected chi connectivity index (χ2v) is 7.07. The highest BCUT2D eigenvalue weighted by atomic mass is 32.1. The zero-order chi connectivity index (χ0) is 16.8. The highest BCUT2D eigenvalue weighted by molar-refractivity contribution is 7.11. The highest BCUT2D eigenvalue weighted by Gasteiger charge is 2.22. The summed E-state index contributed by atoms with van der Waals surface area (Å²) in [4.78, 5) is 11.8. The molecule has 0 radical (unpaired) electrons. The molecule has 8 heteroatoms. The molecule has 1 saturated heterocycles. The zero-order valence-electron chi connectivity index (χ0n) is 13.9. The van der Waals surface area contributed by atoms with Gasteiger partial charge in [0.15, 0.2) is 5.96 Å². The van der Waals surface area contributed by atoms with Crippen molar-refractivity contribution in [2.24, 2.45) is 4.99 Å². The van der Waals surface area contributed by atoms with Crippen molar-refractivity contribution >= 4 is 17.3 Å². The molecule has 1 aliphatic heterocycles. The topological polar surface area (TPSA) is 52.6 Å². The average Bonchev–Trinajstić information content (AvgIpc) is 2.83. The number of aryl methyl sites for hydroxylation is 2. The van der Waals surface area contributed by atoms with E-state index in [1.54, 1.807) is 18.4 Å². The van der Waals surface area contributed by atoms with Crippen LogP contribution in [0.4, 0.5) is 8.78 Å². The number of nitrogens with zero attached hydrogens (tertiary/aromatic N) is 3. The zero-order valence-corrected chi connectivity index (χ0v) is 14.7. The van der Waals surface area contributed by atoms with Crippen LogP contribution in [0.2, 0.25) is 0 Å². The Kier molecular flexibility index (Phi) is 6.71. The lowest BCUT2D eigenvalue weighted by atomic mass is 10.1. The number of aliphatic imine (C=N–C) groups is 1. The fraction of sp³-hybridized carbons (Fsp3) is 0.733. The van der Waals surface area contributed by atoms with Crippen LogP contribution in [0.25, 0.3) is 0 Å². The van der Waals surface area contributed by atoms with Gasteiger partial charge in [0.2, 0.25) is 0 Å². The van der Waals surface area contributed by atoms with E-state index in [9.17, 15) is 8.78 Å². The van der Waals surface area contributed by atoms with E-state index in [0.717, 1.165) is 29.5 Å². The second-order valence-electron chi connectivity index (χ2n) is 5.79. The van der Waals surface area contributed by atoms with Gasteiger partial charge in [0, 0.05) is 31.1 Å². The summed E-state index contributed by atoms with van der Waals surface area (Å²) in [5.41, 5.74) is 1.07. The fourth-order valence-electron chi connectivity index (χ4n) is 2.62. The number of thiazole rings is 1. The molecule has 2 rings (SSSR count). The molecule has 130 valence electrons. The number of halogens is 2. The van der Waals surface area contributed by atoms with E-state index in [2.05, 4.69) is 27.5 Å². The molecule has 1 aromatic heterocycles. The summed E-state index contributed by atoms with van der Waals surface area (Å²) in [7, 11) is 1.74. The summed E-state index contributed by atoms with van der Waals surface area (Å²) in [6.07, 6.45) is -0.551. The minimum absolute atomic E-state index is 0.123. The second kappa shape index (κ2) is 8.54. The number of likely N-dealkylation sites (tertiary alicyclic amines) is 1. The van der Waals surface area contributed by atoms with Gasteiger partial charge in [0.05, 0.1) is 18.8 Å². The number of nitrogens with one attached hydrogen (secondary N) is 2. The Balaban J connectivity index is 1.75. The molecule has 1 aliphatic rings. The van der Waals surface area contributed by atoms with E-state index < -0.39 is 6.43 Å². The Labute approximate surface area is 140 Å². The Morgan fingerprint density at radius 1 is 1.39 bits per heavy atom. The molecule has 0 aliphatic carbocycles. The van der Waals surface area contributed by atoms with Crippen LogP contribution < -0.4 is 10.6 Å². The van der Waals surface area contributed by atoms with Crippen molar-refractivity contribution < 1.29 is 8.78 Å². The van der Waals surface area contributed by atoms with E-state index in [4.69, 9.17) is 0 Å². The molecule has 0 amide bonds. The van der Waals surface area contributed by atoms with Crippen LogP contribution in [-0.2, 0) is 6.54 Å². The number of rotatable bonds is 5. The first-order chi connectivity index (χ1) is 11.0. The third-order valence-corrected chi connectivity index (χ3v) is 5.10. The first-order valence-corrected chi connectivity index (χ1v) is 8.70. The molecule has 5 nitrogen and oxygen atoms in total. The van der Waals surface area contributed by atoms with E-state index in [1.165, 1.54) is 4.88 Å². The molecular formula is C15H25F2N5S. The normalized spacial score (nSPS) is 17.7. The lowest BCUT2D eigenvalue weighted by Gasteiger charge is -2.32. The van der Waals surface area contributed by atoms with Crippen molar-refractivity contribution in [3.05, 3.63) is 15.6 Å². The molecule has 0 bridgehead atoms. The molecule has 1 aromatic rings. The van der Waals surface area contributed by atoms with Gasteiger partial charge in [-0.2, -0.15) is 0 Å². The molecule has 1 fully saturated rings. The van der Waals surface area contributed by atoms with Gasteiger partial charge in [-0.1, -0.05) is 0 Å². The number of hydrogen-bond acceptors (Lipinski definition) is 4. The third kappa shape index (κ3) is 5.69. The maximum Gasteiger partial charge on any atom is 0.251 e. The number of aromatic nitrogens is 1. The van der Waals surface area contributed by atoms with Crippen molar-refractivity contribution in [3.63, 3.8) is 0 Å². The summed E-state index contributed by atoms with van der Waals surface area (Å²) in [5, 5.41) is 7.68. The minimum Gasteiger partial charge on any atom is -0.354 e. The van der Waals surface area contributed by atoms with Crippen LogP contribution in [0.15, 0.2) is 4.99 Å². The van der Waals surface area contributed by atoms with Gasteiger partial charge in [0.25, 0.3) is 6.43 Å². The van der Waals surface area contributed by atoms with Crippen molar-refractivity contribution in [1.29, 1.82) is 0 Å². The molecular weight excluding hydrogens is 320 g/mol. The quantitative estimate of drug-likeness (QED) is 0.634. The first-order valence-electron chi connectivity index (χ1n) is 7.88. The van der Waals surface area contributed by atoms with Gasteiger partial charge >= 0.3 is 0 Å². The Morgan fingerprint density at radius 2 is 2.09 bits per heavy atom. The number of piperidine rings is 1. The lowest BCUT2D eigenvalue weighted by Crippen LogP contribution is -2.49. The molecule has 2 N–H and O–H groups in total. The first kappa shape index (κ1) is 18.1. The summed E-state index contributed by atoms with van der Waals surface area (Å²) in [6, 6.07) is 0.273. The van der Waals surface area contributed by atoms with Crippen LogP contribution in [0.5, 0.6) is 0 Å². The summed E-state index contributed by atoms with van der Waals surface area (Å²) in [5.74, 6) is 0.739. The van der Waals surface area contributed by atoms with Gasteiger partial charge in [-0.3, -0.25) is 9.89 Å². The van der Waals surface area contributed by atoms with Gasteiger partial charge < -0.3 is 10.6 Å². The van der Waals surface area contributed by atoms with Crippen LogP contribution in [0, 0.1) is 13.8 Å². The lowest BCUT2D eigenvalue weighted by molar-refractivity contribution is 0.0744.